The number of carbonyl (C=O) groups excluding carboxylic acids is 5. The molecular formula is C87H200Cl2N6O9. The number of nitrogens with one attached hydrogen (secondary N) is 2. The lowest BCUT2D eigenvalue weighted by Gasteiger charge is -2.34. The van der Waals surface area contributed by atoms with Crippen LogP contribution in [0.1, 0.15) is 384 Å². The molecule has 9 unspecified atom stereocenters. The summed E-state index contributed by atoms with van der Waals surface area (Å²) in [5.74, 6) is -2.44. The number of primary amides is 2. The van der Waals surface area contributed by atoms with E-state index in [-0.39, 0.29) is 157 Å². The van der Waals surface area contributed by atoms with E-state index in [0.29, 0.717) is 57.7 Å². The second-order valence-corrected chi connectivity index (χ2v) is 26.8. The molecule has 17 heteroatoms. The maximum absolute atomic E-state index is 13.4. The summed E-state index contributed by atoms with van der Waals surface area (Å²) >= 11 is 0. The average Bonchev–Trinajstić information content (AvgIpc) is 0.875. The van der Waals surface area contributed by atoms with Crippen molar-refractivity contribution in [3.63, 3.8) is 0 Å². The Morgan fingerprint density at radius 1 is 0.433 bits per heavy atom. The number of nitrogens with zero attached hydrogens (tertiary/aromatic N) is 2. The predicted molar refractivity (Wildman–Crippen MR) is 464 cm³/mol. The van der Waals surface area contributed by atoms with Crippen molar-refractivity contribution in [1.82, 2.24) is 10.6 Å². The van der Waals surface area contributed by atoms with Gasteiger partial charge in [-0.3, -0.25) is 24.0 Å². The topological polar surface area (TPSA) is 231 Å². The first-order chi connectivity index (χ1) is 42.5. The molecule has 0 bridgehead atoms. The minimum absolute atomic E-state index is 0. The van der Waals surface area contributed by atoms with Crippen LogP contribution in [0, 0.1) is 35.5 Å². The molecule has 4 amide bonds. The zero-order chi connectivity index (χ0) is 68.2. The highest BCUT2D eigenvalue weighted by atomic mass is 35.5. The zero-order valence-electron chi connectivity index (χ0n) is 61.1. The summed E-state index contributed by atoms with van der Waals surface area (Å²) in [7, 11) is 8.66. The Bertz CT molecular complexity index is 1730. The molecule has 646 valence electrons. The van der Waals surface area contributed by atoms with Gasteiger partial charge in [-0.15, -0.1) is 13.2 Å². The lowest BCUT2D eigenvalue weighted by Crippen LogP contribution is -3.00. The van der Waals surface area contributed by atoms with Crippen molar-refractivity contribution in [2.24, 2.45) is 47.0 Å². The smallest absolute Gasteiger partial charge is 0.225 e. The van der Waals surface area contributed by atoms with Crippen LogP contribution in [0.15, 0.2) is 37.5 Å². The van der Waals surface area contributed by atoms with Crippen LogP contribution in [0.5, 0.6) is 0 Å². The number of ether oxygens (including phenoxy) is 1. The molecule has 0 aromatic carbocycles. The van der Waals surface area contributed by atoms with Gasteiger partial charge in [-0.05, 0) is 130 Å². The lowest BCUT2D eigenvalue weighted by molar-refractivity contribution is -0.892. The average molecular weight is 1550 g/mol. The molecule has 0 saturated carbocycles. The normalized spacial score (nSPS) is 12.6. The highest BCUT2D eigenvalue weighted by Gasteiger charge is 2.33. The summed E-state index contributed by atoms with van der Waals surface area (Å²) < 4.78 is 7.59. The standard InChI is InChI=1S/C37H73N3O4.C18H36O.C17H33N3O4.C2H4.13CH4.2ClH/c1-8-12-13-14-15-16-17-18-19-20-21-22-23-24-25-26-27-44-31(5)36(42)39-37(43)34(29-33(10-3)35(38)41)28-32(9-2)30-40(6,7)11-4;1-2-3-4-5-6-7-8-9-10-11-12-13-14-15-16-17-18-19;1-6-13(16(18)23)9-14(17(24)19-15(22)11-21)8-12(3)10-20(4,5)7-2;1-2;;;;;;;;;;;;;;;/h18-19,31-34,36,42H,8-17,20-30H2,1-7H3,(H2-,38,39,41,43);9-10,19H,2-8,11-18H2,1H3;11-15,22H,6-10H2,1-5H3,(H2-,18,19,23,24);1-2H2;13*1H4;2*1H/b19-18+;10-9+;;;;;;;;;;;;;;;;;. The van der Waals surface area contributed by atoms with Gasteiger partial charge in [0.25, 0.3) is 0 Å². The Balaban J connectivity index is -0.0000000613. The quantitative estimate of drug-likeness (QED) is 0.0101. The molecule has 0 saturated heterocycles. The van der Waals surface area contributed by atoms with Gasteiger partial charge in [0.15, 0.2) is 18.7 Å². The number of allylic oxidation sites excluding steroid dienone is 4. The number of aliphatic hydroxyl groups is 3. The summed E-state index contributed by atoms with van der Waals surface area (Å²) in [6.45, 7) is 29.4. The van der Waals surface area contributed by atoms with Crippen molar-refractivity contribution in [3.05, 3.63) is 37.5 Å². The number of nitrogens with two attached hydrogens (primary N) is 2. The van der Waals surface area contributed by atoms with Gasteiger partial charge in [0.1, 0.15) is 0 Å². The van der Waals surface area contributed by atoms with Crippen LogP contribution in [0.3, 0.4) is 0 Å². The van der Waals surface area contributed by atoms with Crippen LogP contribution >= 0.6 is 0 Å². The number of aldehydes is 1. The first-order valence-electron chi connectivity index (χ1n) is 36.2. The van der Waals surface area contributed by atoms with E-state index in [4.69, 9.17) is 21.3 Å². The Kier molecular flexibility index (Phi) is 151. The summed E-state index contributed by atoms with van der Waals surface area (Å²) in [4.78, 5) is 59.8. The first-order valence-corrected chi connectivity index (χ1v) is 36.2. The van der Waals surface area contributed by atoms with Gasteiger partial charge in [0.2, 0.25) is 23.6 Å². The molecule has 0 aliphatic carbocycles. The first kappa shape index (κ1) is 150. The largest absolute Gasteiger partial charge is 1.00 e. The Morgan fingerprint density at radius 2 is 0.740 bits per heavy atom. The number of quaternary nitrogens is 2. The highest BCUT2D eigenvalue weighted by molar-refractivity contribution is 5.83. The zero-order valence-corrected chi connectivity index (χ0v) is 62.6. The number of hydrogen-bond acceptors (Lipinski definition) is 9. The molecule has 0 aromatic heterocycles. The molecule has 104 heavy (non-hydrogen) atoms. The van der Waals surface area contributed by atoms with Crippen LogP contribution in [-0.4, -0.2) is 140 Å². The number of amides is 4. The molecule has 0 rings (SSSR count). The van der Waals surface area contributed by atoms with Crippen molar-refractivity contribution in [2.75, 3.05) is 67.6 Å². The predicted octanol–water partition coefficient (Wildman–Crippen LogP) is 17.2. The fourth-order valence-corrected chi connectivity index (χ4v) is 11.2. The van der Waals surface area contributed by atoms with E-state index in [1.807, 2.05) is 13.8 Å². The molecule has 0 aromatic rings. The van der Waals surface area contributed by atoms with Gasteiger partial charge < -0.3 is 75.9 Å². The lowest BCUT2D eigenvalue weighted by atomic mass is 9.83. The Morgan fingerprint density at radius 3 is 1.05 bits per heavy atom. The Hall–Kier alpha value is -2.89. The second-order valence-electron chi connectivity index (χ2n) is 26.8. The number of hydrogen-bond donors (Lipinski definition) is 7. The van der Waals surface area contributed by atoms with Crippen molar-refractivity contribution in [2.45, 2.75) is 402 Å². The summed E-state index contributed by atoms with van der Waals surface area (Å²) in [6.07, 6.45) is 46.8. The van der Waals surface area contributed by atoms with E-state index in [1.165, 1.54) is 161 Å². The van der Waals surface area contributed by atoms with Crippen molar-refractivity contribution in [1.29, 1.82) is 0 Å². The van der Waals surface area contributed by atoms with Gasteiger partial charge in [-0.1, -0.05) is 278 Å². The summed E-state index contributed by atoms with van der Waals surface area (Å²) in [6, 6.07) is 0. The third-order valence-corrected chi connectivity index (χ3v) is 17.7. The summed E-state index contributed by atoms with van der Waals surface area (Å²) in [5, 5.41) is 33.8. The number of halogens is 2. The summed E-state index contributed by atoms with van der Waals surface area (Å²) in [5.41, 5.74) is 11.0. The molecule has 0 heterocycles. The molecular weight excluding hydrogens is 1340 g/mol. The van der Waals surface area contributed by atoms with Gasteiger partial charge in [0, 0.05) is 48.7 Å². The monoisotopic (exact) mass is 1540 g/mol. The fourth-order valence-electron chi connectivity index (χ4n) is 11.2. The molecule has 15 nitrogen and oxygen atoms in total. The molecule has 0 aliphatic heterocycles. The van der Waals surface area contributed by atoms with E-state index in [1.54, 1.807) is 6.92 Å². The number of carbonyl (C=O) groups is 5. The van der Waals surface area contributed by atoms with Crippen LogP contribution in [0.4, 0.5) is 0 Å². The molecule has 0 aliphatic rings. The van der Waals surface area contributed by atoms with E-state index < -0.39 is 42.2 Å². The second kappa shape index (κ2) is 104. The van der Waals surface area contributed by atoms with Crippen LogP contribution in [0.25, 0.3) is 0 Å². The van der Waals surface area contributed by atoms with Crippen LogP contribution < -0.4 is 46.9 Å². The highest BCUT2D eigenvalue weighted by Crippen LogP contribution is 2.27. The van der Waals surface area contributed by atoms with Gasteiger partial charge in [0.05, 0.1) is 60.5 Å². The Labute approximate surface area is 668 Å². The maximum Gasteiger partial charge on any atom is 0.225 e. The third-order valence-electron chi connectivity index (χ3n) is 17.7. The maximum atomic E-state index is 13.4. The molecule has 0 spiro atoms. The minimum atomic E-state index is -1.52. The SMILES string of the molecule is C.C.C.C.C.C.C.C.C.C.C.C.C.C=C.CCC(CC(CC(C)C[N+](C)(C)CC)C(=O)NC(O)C=O)C(N)=O.CCCCCCCC/C=C/CCCCCCCCO.CCCCCCCC/C=C/CCCCCCCCOC(C)C(O)NC(=O)C(CC(CC)C[N+](C)(C)CC)CC(CC)C(N)=O.[Cl-].[Cl-]. The van der Waals surface area contributed by atoms with Crippen LogP contribution in [0.2, 0.25) is 0 Å². The van der Waals surface area contributed by atoms with E-state index >= 15 is 0 Å². The minimum Gasteiger partial charge on any atom is -1.00 e. The van der Waals surface area contributed by atoms with Crippen molar-refractivity contribution in [3.8, 4) is 0 Å². The van der Waals surface area contributed by atoms with Crippen molar-refractivity contribution < 1.29 is 77.8 Å². The fraction of sp³-hybridized carbons (Fsp3) is 0.874. The third kappa shape index (κ3) is 95.2. The van der Waals surface area contributed by atoms with Crippen molar-refractivity contribution >= 4 is 29.9 Å². The molecule has 9 N–H and O–H groups in total. The van der Waals surface area contributed by atoms with E-state index in [2.05, 4.69) is 118 Å². The van der Waals surface area contributed by atoms with Gasteiger partial charge in [-0.25, -0.2) is 0 Å². The van der Waals surface area contributed by atoms with E-state index in [0.717, 1.165) is 60.8 Å². The molecule has 9 atom stereocenters. The molecule has 0 radical (unpaired) electrons. The number of rotatable bonds is 57. The van der Waals surface area contributed by atoms with Gasteiger partial charge >= 0.3 is 0 Å². The molecule has 0 fully saturated rings. The number of aliphatic hydroxyl groups excluding tert-OH is 3. The number of unbranched alkanes of at least 4 members (excludes halogenated alkanes) is 24. The van der Waals surface area contributed by atoms with E-state index in [9.17, 15) is 34.2 Å². The van der Waals surface area contributed by atoms with Crippen LogP contribution in [-0.2, 0) is 28.7 Å². The van der Waals surface area contributed by atoms with Gasteiger partial charge in [-0.2, -0.15) is 0 Å².